The number of amides is 1. The van der Waals surface area contributed by atoms with Gasteiger partial charge in [0.2, 0.25) is 15.9 Å². The SMILES string of the molecule is O=C(CNS(=O)(=O)c1cccc(C(F)(F)F)c1)N1CCN(Cc2ccco2)CC1. The average molecular weight is 431 g/mol. The van der Waals surface area contributed by atoms with E-state index in [0.29, 0.717) is 38.8 Å². The van der Waals surface area contributed by atoms with E-state index in [9.17, 15) is 26.4 Å². The number of carbonyl (C=O) groups is 1. The number of hydrogen-bond donors (Lipinski definition) is 1. The fourth-order valence-corrected chi connectivity index (χ4v) is 3.99. The van der Waals surface area contributed by atoms with Gasteiger partial charge in [-0.05, 0) is 30.3 Å². The van der Waals surface area contributed by atoms with Crippen molar-refractivity contribution in [3.05, 3.63) is 54.0 Å². The van der Waals surface area contributed by atoms with Gasteiger partial charge < -0.3 is 9.32 Å². The van der Waals surface area contributed by atoms with Crippen LogP contribution in [0.1, 0.15) is 11.3 Å². The monoisotopic (exact) mass is 431 g/mol. The number of sulfonamides is 1. The number of furan rings is 1. The molecule has 7 nitrogen and oxygen atoms in total. The summed E-state index contributed by atoms with van der Waals surface area (Å²) in [5, 5.41) is 0. The van der Waals surface area contributed by atoms with Crippen molar-refractivity contribution in [2.45, 2.75) is 17.6 Å². The number of nitrogens with one attached hydrogen (secondary N) is 1. The summed E-state index contributed by atoms with van der Waals surface area (Å²) in [6.45, 7) is 2.16. The molecule has 158 valence electrons. The van der Waals surface area contributed by atoms with Crippen molar-refractivity contribution >= 4 is 15.9 Å². The lowest BCUT2D eigenvalue weighted by atomic mass is 10.2. The van der Waals surface area contributed by atoms with Gasteiger partial charge in [-0.1, -0.05) is 6.07 Å². The summed E-state index contributed by atoms with van der Waals surface area (Å²) < 4.78 is 70.2. The summed E-state index contributed by atoms with van der Waals surface area (Å²) in [5.41, 5.74) is -1.07. The molecule has 0 spiro atoms. The standard InChI is InChI=1S/C18H20F3N3O4S/c19-18(20,21)14-3-1-5-16(11-14)29(26,27)22-12-17(25)24-8-6-23(7-9-24)13-15-4-2-10-28-15/h1-5,10-11,22H,6-9,12-13H2. The number of rotatable bonds is 6. The van der Waals surface area contributed by atoms with Crippen LogP contribution in [0.4, 0.5) is 13.2 Å². The molecule has 1 fully saturated rings. The summed E-state index contributed by atoms with van der Waals surface area (Å²) in [5.74, 6) is 0.386. The Balaban J connectivity index is 1.52. The third-order valence-electron chi connectivity index (χ3n) is 4.57. The predicted octanol–water partition coefficient (Wildman–Crippen LogP) is 1.92. The second-order valence-corrected chi connectivity index (χ2v) is 8.35. The normalized spacial score (nSPS) is 16.2. The summed E-state index contributed by atoms with van der Waals surface area (Å²) >= 11 is 0. The molecule has 1 aromatic carbocycles. The number of alkyl halides is 3. The lowest BCUT2D eigenvalue weighted by Crippen LogP contribution is -2.50. The molecular formula is C18H20F3N3O4S. The quantitative estimate of drug-likeness (QED) is 0.756. The zero-order valence-corrected chi connectivity index (χ0v) is 16.2. The minimum Gasteiger partial charge on any atom is -0.468 e. The van der Waals surface area contributed by atoms with Crippen molar-refractivity contribution in [1.29, 1.82) is 0 Å². The van der Waals surface area contributed by atoms with Crippen LogP contribution in [-0.4, -0.2) is 56.8 Å². The van der Waals surface area contributed by atoms with Crippen LogP contribution < -0.4 is 4.72 Å². The molecule has 1 saturated heterocycles. The van der Waals surface area contributed by atoms with E-state index in [2.05, 4.69) is 9.62 Å². The van der Waals surface area contributed by atoms with Crippen molar-refractivity contribution in [3.8, 4) is 0 Å². The molecule has 0 atom stereocenters. The van der Waals surface area contributed by atoms with Gasteiger partial charge in [0.05, 0.1) is 29.8 Å². The van der Waals surface area contributed by atoms with E-state index < -0.39 is 39.1 Å². The van der Waals surface area contributed by atoms with Crippen LogP contribution in [0.5, 0.6) is 0 Å². The van der Waals surface area contributed by atoms with Crippen LogP contribution in [-0.2, 0) is 27.5 Å². The summed E-state index contributed by atoms with van der Waals surface area (Å²) in [4.78, 5) is 15.4. The molecule has 0 saturated carbocycles. The molecule has 2 aromatic rings. The molecule has 0 unspecified atom stereocenters. The number of piperazine rings is 1. The maximum atomic E-state index is 12.8. The van der Waals surface area contributed by atoms with Crippen LogP contribution in [0.3, 0.4) is 0 Å². The number of carbonyl (C=O) groups excluding carboxylic acids is 1. The first-order valence-corrected chi connectivity index (χ1v) is 10.3. The van der Waals surface area contributed by atoms with Crippen LogP contribution >= 0.6 is 0 Å². The van der Waals surface area contributed by atoms with E-state index in [1.54, 1.807) is 12.3 Å². The second kappa shape index (κ2) is 8.56. The Morgan fingerprint density at radius 2 is 1.83 bits per heavy atom. The van der Waals surface area contributed by atoms with Crippen molar-refractivity contribution in [1.82, 2.24) is 14.5 Å². The number of halogens is 3. The van der Waals surface area contributed by atoms with Gasteiger partial charge in [0.15, 0.2) is 0 Å². The minimum atomic E-state index is -4.66. The molecule has 11 heteroatoms. The number of benzene rings is 1. The van der Waals surface area contributed by atoms with Crippen molar-refractivity contribution in [3.63, 3.8) is 0 Å². The smallest absolute Gasteiger partial charge is 0.416 e. The fourth-order valence-electron chi connectivity index (χ4n) is 2.97. The van der Waals surface area contributed by atoms with Gasteiger partial charge in [-0.2, -0.15) is 13.2 Å². The molecule has 1 aliphatic heterocycles. The van der Waals surface area contributed by atoms with Gasteiger partial charge in [0, 0.05) is 26.2 Å². The minimum absolute atomic E-state index is 0.421. The highest BCUT2D eigenvalue weighted by molar-refractivity contribution is 7.89. The van der Waals surface area contributed by atoms with Crippen molar-refractivity contribution in [2.75, 3.05) is 32.7 Å². The molecule has 1 N–H and O–H groups in total. The Bertz CT molecular complexity index is 938. The Hall–Kier alpha value is -2.37. The highest BCUT2D eigenvalue weighted by atomic mass is 32.2. The van der Waals surface area contributed by atoms with Crippen LogP contribution in [0.25, 0.3) is 0 Å². The molecule has 1 aliphatic rings. The van der Waals surface area contributed by atoms with Gasteiger partial charge in [0.25, 0.3) is 0 Å². The van der Waals surface area contributed by atoms with Gasteiger partial charge in [-0.15, -0.1) is 0 Å². The van der Waals surface area contributed by atoms with Crippen LogP contribution in [0.15, 0.2) is 52.0 Å². The summed E-state index contributed by atoms with van der Waals surface area (Å²) in [6, 6.07) is 7.05. The molecule has 1 aromatic heterocycles. The number of hydrogen-bond acceptors (Lipinski definition) is 5. The highest BCUT2D eigenvalue weighted by Gasteiger charge is 2.32. The maximum Gasteiger partial charge on any atom is 0.416 e. The lowest BCUT2D eigenvalue weighted by Gasteiger charge is -2.34. The Labute approximate surface area is 166 Å². The topological polar surface area (TPSA) is 82.9 Å². The van der Waals surface area contributed by atoms with Gasteiger partial charge in [0.1, 0.15) is 5.76 Å². The summed E-state index contributed by atoms with van der Waals surface area (Å²) in [6.07, 6.45) is -3.07. The van der Waals surface area contributed by atoms with Crippen molar-refractivity contribution in [2.24, 2.45) is 0 Å². The lowest BCUT2D eigenvalue weighted by molar-refractivity contribution is -0.137. The largest absolute Gasteiger partial charge is 0.468 e. The molecular weight excluding hydrogens is 411 g/mol. The van der Waals surface area contributed by atoms with Gasteiger partial charge in [-0.3, -0.25) is 9.69 Å². The van der Waals surface area contributed by atoms with Crippen LogP contribution in [0.2, 0.25) is 0 Å². The molecule has 3 rings (SSSR count). The van der Waals surface area contributed by atoms with E-state index in [1.165, 1.54) is 4.90 Å². The third-order valence-corrected chi connectivity index (χ3v) is 5.97. The fraction of sp³-hybridized carbons (Fsp3) is 0.389. The van der Waals surface area contributed by atoms with E-state index in [-0.39, 0.29) is 0 Å². The second-order valence-electron chi connectivity index (χ2n) is 6.59. The zero-order valence-electron chi connectivity index (χ0n) is 15.4. The molecule has 0 radical (unpaired) electrons. The van der Waals surface area contributed by atoms with E-state index in [4.69, 9.17) is 4.42 Å². The molecule has 0 aliphatic carbocycles. The van der Waals surface area contributed by atoms with E-state index >= 15 is 0 Å². The van der Waals surface area contributed by atoms with Crippen molar-refractivity contribution < 1.29 is 30.8 Å². The highest BCUT2D eigenvalue weighted by Crippen LogP contribution is 2.30. The summed E-state index contributed by atoms with van der Waals surface area (Å²) in [7, 11) is -4.24. The third kappa shape index (κ3) is 5.58. The maximum absolute atomic E-state index is 12.8. The molecule has 29 heavy (non-hydrogen) atoms. The molecule has 1 amide bonds. The zero-order chi connectivity index (χ0) is 21.1. The molecule has 0 bridgehead atoms. The van der Waals surface area contributed by atoms with E-state index in [1.807, 2.05) is 6.07 Å². The van der Waals surface area contributed by atoms with Crippen LogP contribution in [0, 0.1) is 0 Å². The Morgan fingerprint density at radius 3 is 2.45 bits per heavy atom. The Morgan fingerprint density at radius 1 is 1.10 bits per heavy atom. The average Bonchev–Trinajstić information content (AvgIpc) is 3.19. The predicted molar refractivity (Wildman–Crippen MR) is 97.2 cm³/mol. The van der Waals surface area contributed by atoms with Gasteiger partial charge >= 0.3 is 6.18 Å². The first-order valence-electron chi connectivity index (χ1n) is 8.84. The van der Waals surface area contributed by atoms with E-state index in [0.717, 1.165) is 24.0 Å². The first-order chi connectivity index (χ1) is 13.6. The Kier molecular flexibility index (Phi) is 6.30. The van der Waals surface area contributed by atoms with Gasteiger partial charge in [-0.25, -0.2) is 13.1 Å². The molecule has 2 heterocycles. The first kappa shape index (κ1) is 21.3. The number of nitrogens with zero attached hydrogens (tertiary/aromatic N) is 2.